The quantitative estimate of drug-likeness (QED) is 0.439. The van der Waals surface area contributed by atoms with E-state index in [1.54, 1.807) is 37.5 Å². The van der Waals surface area contributed by atoms with E-state index in [4.69, 9.17) is 14.9 Å². The molecule has 0 bridgehead atoms. The third kappa shape index (κ3) is 4.61. The molecule has 2 aliphatic heterocycles. The smallest absolute Gasteiger partial charge is 0.283 e. The molecule has 1 amide bonds. The number of methoxy groups -OCH3 is 1. The van der Waals surface area contributed by atoms with Crippen molar-refractivity contribution >= 4 is 39.8 Å². The lowest BCUT2D eigenvalue weighted by Gasteiger charge is -2.20. The molecule has 1 atom stereocenters. The van der Waals surface area contributed by atoms with Gasteiger partial charge in [0.25, 0.3) is 5.91 Å². The molecule has 2 heterocycles. The van der Waals surface area contributed by atoms with Crippen LogP contribution in [0.1, 0.15) is 30.4 Å². The van der Waals surface area contributed by atoms with Crippen LogP contribution in [0.5, 0.6) is 11.5 Å². The Bertz CT molecular complexity index is 1190. The Morgan fingerprint density at radius 3 is 2.70 bits per heavy atom. The summed E-state index contributed by atoms with van der Waals surface area (Å²) in [5.41, 5.74) is 2.00. The van der Waals surface area contributed by atoms with Crippen LogP contribution < -0.4 is 9.47 Å². The summed E-state index contributed by atoms with van der Waals surface area (Å²) in [5.74, 6) is 0.708. The van der Waals surface area contributed by atoms with Gasteiger partial charge in [-0.3, -0.25) is 10.2 Å². The zero-order chi connectivity index (χ0) is 23.4. The van der Waals surface area contributed by atoms with E-state index in [0.717, 1.165) is 17.0 Å². The number of amides is 1. The summed E-state index contributed by atoms with van der Waals surface area (Å²) >= 11 is 1.35. The number of nitrogens with zero attached hydrogens (tertiary/aromatic N) is 3. The lowest BCUT2D eigenvalue weighted by molar-refractivity contribution is -0.114. The summed E-state index contributed by atoms with van der Waals surface area (Å²) in [6.07, 6.45) is 4.12. The van der Waals surface area contributed by atoms with Crippen molar-refractivity contribution in [2.45, 2.75) is 19.3 Å². The number of nitrogens with one attached hydrogen (secondary N) is 1. The number of fused-ring (bicyclic) bond motifs is 1. The zero-order valence-electron chi connectivity index (χ0n) is 18.4. The van der Waals surface area contributed by atoms with Crippen LogP contribution in [0.4, 0.5) is 0 Å². The van der Waals surface area contributed by atoms with E-state index in [2.05, 4.69) is 35.7 Å². The Balaban J connectivity index is 1.62. The molecule has 2 aliphatic rings. The maximum absolute atomic E-state index is 12.8. The predicted molar refractivity (Wildman–Crippen MR) is 133 cm³/mol. The van der Waals surface area contributed by atoms with E-state index in [-0.39, 0.29) is 17.3 Å². The van der Waals surface area contributed by atoms with E-state index in [1.807, 2.05) is 18.2 Å². The summed E-state index contributed by atoms with van der Waals surface area (Å²) in [5, 5.41) is 16.0. The number of carbonyl (C=O) groups excluding carboxylic acids is 1. The van der Waals surface area contributed by atoms with Gasteiger partial charge in [-0.25, -0.2) is 0 Å². The monoisotopic (exact) mass is 460 g/mol. The molecular formula is C25H24N4O3S. The van der Waals surface area contributed by atoms with Crippen LogP contribution in [0.3, 0.4) is 0 Å². The van der Waals surface area contributed by atoms with E-state index < -0.39 is 5.91 Å². The van der Waals surface area contributed by atoms with E-state index in [1.165, 1.54) is 16.8 Å². The topological polar surface area (TPSA) is 87.3 Å². The van der Waals surface area contributed by atoms with E-state index in [9.17, 15) is 4.79 Å². The van der Waals surface area contributed by atoms with Crippen molar-refractivity contribution in [1.29, 1.82) is 5.41 Å². The maximum atomic E-state index is 12.8. The second kappa shape index (κ2) is 9.87. The molecule has 2 aromatic rings. The van der Waals surface area contributed by atoms with Crippen molar-refractivity contribution in [3.63, 3.8) is 0 Å². The molecule has 0 fully saturated rings. The van der Waals surface area contributed by atoms with Crippen molar-refractivity contribution in [2.24, 2.45) is 10.1 Å². The Kier molecular flexibility index (Phi) is 6.74. The number of amidine groups is 2. The van der Waals surface area contributed by atoms with Gasteiger partial charge >= 0.3 is 0 Å². The Hall–Kier alpha value is -3.65. The minimum Gasteiger partial charge on any atom is -0.493 e. The van der Waals surface area contributed by atoms with Gasteiger partial charge in [0, 0.05) is 5.92 Å². The molecular weight excluding hydrogens is 436 g/mol. The Morgan fingerprint density at radius 1 is 1.21 bits per heavy atom. The number of hydrogen-bond donors (Lipinski definition) is 1. The SMILES string of the molecule is C=CCOc1ccc(/C=C2\C(=N)N3N=C(C(CC)c4ccccc4)SC3=NC2=O)cc1OC. The van der Waals surface area contributed by atoms with Crippen LogP contribution in [0.15, 0.2) is 76.9 Å². The van der Waals surface area contributed by atoms with Gasteiger partial charge in [-0.2, -0.15) is 15.1 Å². The van der Waals surface area contributed by atoms with Crippen molar-refractivity contribution in [2.75, 3.05) is 13.7 Å². The third-order valence-corrected chi connectivity index (χ3v) is 6.26. The van der Waals surface area contributed by atoms with E-state index >= 15 is 0 Å². The summed E-state index contributed by atoms with van der Waals surface area (Å²) < 4.78 is 11.0. The third-order valence-electron chi connectivity index (χ3n) is 5.23. The number of hydrogen-bond acceptors (Lipinski definition) is 6. The zero-order valence-corrected chi connectivity index (χ0v) is 19.3. The van der Waals surface area contributed by atoms with Crippen molar-refractivity contribution in [1.82, 2.24) is 5.01 Å². The lowest BCUT2D eigenvalue weighted by atomic mass is 9.98. The fourth-order valence-corrected chi connectivity index (χ4v) is 4.70. The molecule has 168 valence electrons. The molecule has 0 aromatic heterocycles. The van der Waals surface area contributed by atoms with Gasteiger partial charge < -0.3 is 9.47 Å². The molecule has 1 N–H and O–H groups in total. The van der Waals surface area contributed by atoms with Crippen molar-refractivity contribution in [3.05, 3.63) is 77.9 Å². The Morgan fingerprint density at radius 2 is 2.00 bits per heavy atom. The van der Waals surface area contributed by atoms with Crippen LogP contribution in [0.25, 0.3) is 6.08 Å². The van der Waals surface area contributed by atoms with Gasteiger partial charge in [0.15, 0.2) is 17.3 Å². The highest BCUT2D eigenvalue weighted by Gasteiger charge is 2.37. The molecule has 0 saturated heterocycles. The second-order valence-corrected chi connectivity index (χ2v) is 8.33. The highest BCUT2D eigenvalue weighted by atomic mass is 32.2. The largest absolute Gasteiger partial charge is 0.493 e. The number of carbonyl (C=O) groups is 1. The molecule has 0 saturated carbocycles. The summed E-state index contributed by atoms with van der Waals surface area (Å²) in [6.45, 7) is 6.09. The van der Waals surface area contributed by atoms with Crippen molar-refractivity contribution in [3.8, 4) is 11.5 Å². The van der Waals surface area contributed by atoms with Crippen LogP contribution >= 0.6 is 11.8 Å². The highest BCUT2D eigenvalue weighted by molar-refractivity contribution is 8.27. The Labute approximate surface area is 197 Å². The molecule has 2 aromatic carbocycles. The van der Waals surface area contributed by atoms with Crippen molar-refractivity contribution < 1.29 is 14.3 Å². The number of hydrazone groups is 1. The molecule has 0 spiro atoms. The van der Waals surface area contributed by atoms with Gasteiger partial charge in [0.1, 0.15) is 11.7 Å². The van der Waals surface area contributed by atoms with Crippen LogP contribution in [-0.4, -0.2) is 40.7 Å². The fraction of sp³-hybridized carbons (Fsp3) is 0.200. The van der Waals surface area contributed by atoms with Gasteiger partial charge in [-0.05, 0) is 47.5 Å². The maximum Gasteiger partial charge on any atom is 0.283 e. The molecule has 0 radical (unpaired) electrons. The number of ether oxygens (including phenoxy) is 2. The predicted octanol–water partition coefficient (Wildman–Crippen LogP) is 5.07. The number of aliphatic imine (C=N–C) groups is 1. The first-order chi connectivity index (χ1) is 16.0. The van der Waals surface area contributed by atoms with Gasteiger partial charge in [-0.1, -0.05) is 56.0 Å². The fourth-order valence-electron chi connectivity index (χ4n) is 3.59. The van der Waals surface area contributed by atoms with Gasteiger partial charge in [0.2, 0.25) is 5.17 Å². The molecule has 4 rings (SSSR count). The second-order valence-electron chi connectivity index (χ2n) is 7.34. The normalized spacial score (nSPS) is 17.4. The molecule has 7 nitrogen and oxygen atoms in total. The average molecular weight is 461 g/mol. The van der Waals surface area contributed by atoms with E-state index in [0.29, 0.717) is 28.8 Å². The number of rotatable bonds is 8. The van der Waals surface area contributed by atoms with Crippen LogP contribution in [0, 0.1) is 5.41 Å². The standard InChI is InChI=1S/C25H24N4O3S/c1-4-13-32-20-12-11-16(15-21(20)31-3)14-19-22(26)29-25(27-23(19)30)33-24(28-29)18(5-2)17-9-7-6-8-10-17/h4,6-12,14-15,18,26H,1,5,13H2,2-3H3/b19-14+,26-22?. The average Bonchev–Trinajstić information content (AvgIpc) is 3.25. The first-order valence-corrected chi connectivity index (χ1v) is 11.3. The minimum atomic E-state index is -0.464. The summed E-state index contributed by atoms with van der Waals surface area (Å²) in [7, 11) is 1.55. The molecule has 33 heavy (non-hydrogen) atoms. The summed E-state index contributed by atoms with van der Waals surface area (Å²) in [4.78, 5) is 17.0. The first-order valence-electron chi connectivity index (χ1n) is 10.5. The summed E-state index contributed by atoms with van der Waals surface area (Å²) in [6, 6.07) is 15.4. The molecule has 0 aliphatic carbocycles. The van der Waals surface area contributed by atoms with Crippen LogP contribution in [0.2, 0.25) is 0 Å². The van der Waals surface area contributed by atoms with Gasteiger partial charge in [-0.15, -0.1) is 0 Å². The number of benzene rings is 2. The minimum absolute atomic E-state index is 0.00126. The molecule has 8 heteroatoms. The highest BCUT2D eigenvalue weighted by Crippen LogP contribution is 2.36. The van der Waals surface area contributed by atoms with Crippen LogP contribution in [-0.2, 0) is 4.79 Å². The number of thioether (sulfide) groups is 1. The molecule has 1 unspecified atom stereocenters. The lowest BCUT2D eigenvalue weighted by Crippen LogP contribution is -2.35. The van der Waals surface area contributed by atoms with Gasteiger partial charge in [0.05, 0.1) is 12.7 Å². The first kappa shape index (κ1) is 22.5.